The van der Waals surface area contributed by atoms with Gasteiger partial charge in [0.25, 0.3) is 0 Å². The Bertz CT molecular complexity index is 709. The lowest BCUT2D eigenvalue weighted by Gasteiger charge is -2.20. The standard InChI is InChI=1S/C14H15N5O/c1-14(2,11-7-15-8-16-11)12(20)19-13-17-9-5-3-4-6-10(9)18-13/h3-8H,1-2H3,(H,15,16)(H2,17,18,19,20). The van der Waals surface area contributed by atoms with Gasteiger partial charge in [0.2, 0.25) is 11.9 Å². The number of aromatic nitrogens is 4. The smallest absolute Gasteiger partial charge is 0.238 e. The number of carbonyl (C=O) groups is 1. The summed E-state index contributed by atoms with van der Waals surface area (Å²) < 4.78 is 0. The van der Waals surface area contributed by atoms with Gasteiger partial charge in [0, 0.05) is 11.9 Å². The van der Waals surface area contributed by atoms with E-state index in [1.165, 1.54) is 0 Å². The van der Waals surface area contributed by atoms with Crippen molar-refractivity contribution in [3.63, 3.8) is 0 Å². The molecule has 20 heavy (non-hydrogen) atoms. The molecule has 0 saturated carbocycles. The van der Waals surface area contributed by atoms with Crippen LogP contribution in [0.1, 0.15) is 19.5 Å². The lowest BCUT2D eigenvalue weighted by atomic mass is 9.89. The second-order valence-corrected chi connectivity index (χ2v) is 5.15. The normalized spacial score (nSPS) is 11.7. The van der Waals surface area contributed by atoms with Gasteiger partial charge >= 0.3 is 0 Å². The van der Waals surface area contributed by atoms with Gasteiger partial charge in [0.15, 0.2) is 0 Å². The van der Waals surface area contributed by atoms with E-state index in [4.69, 9.17) is 0 Å². The highest BCUT2D eigenvalue weighted by Crippen LogP contribution is 2.23. The third-order valence-electron chi connectivity index (χ3n) is 3.36. The minimum Gasteiger partial charge on any atom is -0.348 e. The molecule has 0 aliphatic rings. The van der Waals surface area contributed by atoms with Crippen LogP contribution in [0.5, 0.6) is 0 Å². The van der Waals surface area contributed by atoms with E-state index in [1.807, 2.05) is 38.1 Å². The average Bonchev–Trinajstić information content (AvgIpc) is 3.07. The molecule has 3 N–H and O–H groups in total. The second kappa shape index (κ2) is 4.48. The molecule has 0 fully saturated rings. The van der Waals surface area contributed by atoms with Crippen LogP contribution in [0.15, 0.2) is 36.8 Å². The maximum atomic E-state index is 12.4. The summed E-state index contributed by atoms with van der Waals surface area (Å²) in [5.41, 5.74) is 1.76. The molecule has 3 rings (SSSR count). The van der Waals surface area contributed by atoms with E-state index in [0.717, 1.165) is 16.7 Å². The molecular formula is C14H15N5O. The van der Waals surface area contributed by atoms with E-state index < -0.39 is 5.41 Å². The number of amides is 1. The van der Waals surface area contributed by atoms with Crippen LogP contribution in [-0.4, -0.2) is 25.8 Å². The monoisotopic (exact) mass is 269 g/mol. The van der Waals surface area contributed by atoms with E-state index in [9.17, 15) is 4.79 Å². The zero-order chi connectivity index (χ0) is 14.2. The van der Waals surface area contributed by atoms with Gasteiger partial charge in [-0.2, -0.15) is 0 Å². The van der Waals surface area contributed by atoms with Crippen LogP contribution >= 0.6 is 0 Å². The van der Waals surface area contributed by atoms with Crippen molar-refractivity contribution in [2.45, 2.75) is 19.3 Å². The number of para-hydroxylation sites is 2. The Morgan fingerprint density at radius 3 is 2.80 bits per heavy atom. The zero-order valence-corrected chi connectivity index (χ0v) is 11.3. The molecule has 6 heteroatoms. The molecule has 1 amide bonds. The summed E-state index contributed by atoms with van der Waals surface area (Å²) in [6.07, 6.45) is 3.21. The van der Waals surface area contributed by atoms with Gasteiger partial charge in [0.1, 0.15) is 0 Å². The fourth-order valence-corrected chi connectivity index (χ4v) is 2.00. The molecule has 3 aromatic rings. The lowest BCUT2D eigenvalue weighted by Crippen LogP contribution is -2.35. The topological polar surface area (TPSA) is 86.5 Å². The van der Waals surface area contributed by atoms with Crippen molar-refractivity contribution in [1.82, 2.24) is 19.9 Å². The van der Waals surface area contributed by atoms with Crippen LogP contribution in [-0.2, 0) is 10.2 Å². The quantitative estimate of drug-likeness (QED) is 0.681. The summed E-state index contributed by atoms with van der Waals surface area (Å²) >= 11 is 0. The SMILES string of the molecule is CC(C)(C(=O)Nc1nc2ccccc2[nH]1)c1cnc[nH]1. The van der Waals surface area contributed by atoms with Crippen molar-refractivity contribution in [2.75, 3.05) is 5.32 Å². The molecule has 1 aromatic carbocycles. The van der Waals surface area contributed by atoms with E-state index in [1.54, 1.807) is 12.5 Å². The summed E-state index contributed by atoms with van der Waals surface area (Å²) in [6.45, 7) is 3.66. The van der Waals surface area contributed by atoms with E-state index in [0.29, 0.717) is 5.95 Å². The number of hydrogen-bond acceptors (Lipinski definition) is 3. The first-order valence-corrected chi connectivity index (χ1v) is 6.32. The summed E-state index contributed by atoms with van der Waals surface area (Å²) in [7, 11) is 0. The van der Waals surface area contributed by atoms with Crippen LogP contribution in [0.2, 0.25) is 0 Å². The molecule has 0 saturated heterocycles. The number of nitrogens with one attached hydrogen (secondary N) is 3. The highest BCUT2D eigenvalue weighted by atomic mass is 16.2. The molecule has 102 valence electrons. The molecule has 0 bridgehead atoms. The number of H-pyrrole nitrogens is 2. The van der Waals surface area contributed by atoms with Crippen molar-refractivity contribution in [3.8, 4) is 0 Å². The predicted molar refractivity (Wildman–Crippen MR) is 76.3 cm³/mol. The molecule has 0 spiro atoms. The van der Waals surface area contributed by atoms with Crippen LogP contribution in [0.4, 0.5) is 5.95 Å². The number of anilines is 1. The second-order valence-electron chi connectivity index (χ2n) is 5.15. The Kier molecular flexibility index (Phi) is 2.78. The van der Waals surface area contributed by atoms with Crippen LogP contribution in [0.25, 0.3) is 11.0 Å². The first-order valence-electron chi connectivity index (χ1n) is 6.32. The Labute approximate surface area is 115 Å². The van der Waals surface area contributed by atoms with Gasteiger partial charge < -0.3 is 9.97 Å². The number of aromatic amines is 2. The Morgan fingerprint density at radius 2 is 2.10 bits per heavy atom. The summed E-state index contributed by atoms with van der Waals surface area (Å²) in [5.74, 6) is 0.296. The van der Waals surface area contributed by atoms with Crippen molar-refractivity contribution < 1.29 is 4.79 Å². The van der Waals surface area contributed by atoms with Crippen molar-refractivity contribution in [3.05, 3.63) is 42.5 Å². The van der Waals surface area contributed by atoms with Crippen LogP contribution in [0, 0.1) is 0 Å². The number of fused-ring (bicyclic) bond motifs is 1. The van der Waals surface area contributed by atoms with Crippen LogP contribution in [0.3, 0.4) is 0 Å². The minimum absolute atomic E-state index is 0.152. The number of carbonyl (C=O) groups excluding carboxylic acids is 1. The minimum atomic E-state index is -0.713. The van der Waals surface area contributed by atoms with Gasteiger partial charge in [-0.05, 0) is 26.0 Å². The molecule has 0 radical (unpaired) electrons. The fraction of sp³-hybridized carbons (Fsp3) is 0.214. The Balaban J connectivity index is 1.85. The third-order valence-corrected chi connectivity index (χ3v) is 3.36. The first-order chi connectivity index (χ1) is 9.57. The summed E-state index contributed by atoms with van der Waals surface area (Å²) in [6, 6.07) is 7.63. The van der Waals surface area contributed by atoms with Gasteiger partial charge in [-0.3, -0.25) is 10.1 Å². The van der Waals surface area contributed by atoms with Gasteiger partial charge in [0.05, 0.1) is 22.8 Å². The number of imidazole rings is 2. The van der Waals surface area contributed by atoms with Gasteiger partial charge in [-0.15, -0.1) is 0 Å². The molecule has 0 unspecified atom stereocenters. The number of benzene rings is 1. The zero-order valence-electron chi connectivity index (χ0n) is 11.3. The molecular weight excluding hydrogens is 254 g/mol. The average molecular weight is 269 g/mol. The molecule has 0 aliphatic carbocycles. The predicted octanol–water partition coefficient (Wildman–Crippen LogP) is 2.20. The molecule has 2 aromatic heterocycles. The van der Waals surface area contributed by atoms with E-state index >= 15 is 0 Å². The molecule has 2 heterocycles. The lowest BCUT2D eigenvalue weighted by molar-refractivity contribution is -0.120. The molecule has 0 aliphatic heterocycles. The number of nitrogens with zero attached hydrogens (tertiary/aromatic N) is 2. The van der Waals surface area contributed by atoms with Gasteiger partial charge in [-0.25, -0.2) is 9.97 Å². The maximum absolute atomic E-state index is 12.4. The highest BCUT2D eigenvalue weighted by molar-refractivity contribution is 5.98. The van der Waals surface area contributed by atoms with Crippen molar-refractivity contribution >= 4 is 22.9 Å². The van der Waals surface area contributed by atoms with Crippen molar-refractivity contribution in [1.29, 1.82) is 0 Å². The number of rotatable bonds is 3. The summed E-state index contributed by atoms with van der Waals surface area (Å²) in [4.78, 5) is 26.7. The van der Waals surface area contributed by atoms with Crippen molar-refractivity contribution in [2.24, 2.45) is 0 Å². The van der Waals surface area contributed by atoms with Crippen LogP contribution < -0.4 is 5.32 Å². The van der Waals surface area contributed by atoms with Gasteiger partial charge in [-0.1, -0.05) is 12.1 Å². The largest absolute Gasteiger partial charge is 0.348 e. The highest BCUT2D eigenvalue weighted by Gasteiger charge is 2.31. The Hall–Kier alpha value is -2.63. The summed E-state index contributed by atoms with van der Waals surface area (Å²) in [5, 5.41) is 2.81. The van der Waals surface area contributed by atoms with E-state index in [-0.39, 0.29) is 5.91 Å². The molecule has 0 atom stereocenters. The Morgan fingerprint density at radius 1 is 1.30 bits per heavy atom. The third kappa shape index (κ3) is 2.05. The molecule has 6 nitrogen and oxygen atoms in total. The fourth-order valence-electron chi connectivity index (χ4n) is 2.00. The number of hydrogen-bond donors (Lipinski definition) is 3. The maximum Gasteiger partial charge on any atom is 0.238 e. The van der Waals surface area contributed by atoms with E-state index in [2.05, 4.69) is 25.3 Å². The first kappa shape index (κ1) is 12.4.